The van der Waals surface area contributed by atoms with Gasteiger partial charge in [0.1, 0.15) is 5.82 Å². The van der Waals surface area contributed by atoms with Crippen LogP contribution in [-0.2, 0) is 0 Å². The minimum Gasteiger partial charge on any atom is -0.309 e. The molecule has 3 rings (SSSR count). The Morgan fingerprint density at radius 2 is 1.95 bits per heavy atom. The molecule has 1 unspecified atom stereocenters. The Bertz CT molecular complexity index is 763. The normalized spacial score (nSPS) is 12.5. The minimum atomic E-state index is -0.230. The number of rotatable bonds is 3. The fourth-order valence-corrected chi connectivity index (χ4v) is 3.21. The van der Waals surface area contributed by atoms with Gasteiger partial charge in [0, 0.05) is 27.8 Å². The zero-order valence-electron chi connectivity index (χ0n) is 11.5. The number of halogens is 2. The maximum Gasteiger partial charge on any atom is 0.129 e. The fraction of sp³-hybridized carbons (Fsp3) is 0.118. The van der Waals surface area contributed by atoms with Crippen LogP contribution in [0.15, 0.2) is 59.3 Å². The molecular formula is C17H14BrFN2. The molecule has 0 saturated heterocycles. The molecule has 0 aliphatic heterocycles. The Morgan fingerprint density at radius 3 is 2.71 bits per heavy atom. The highest BCUT2D eigenvalue weighted by Gasteiger charge is 2.20. The predicted octanol–water partition coefficient (Wildman–Crippen LogP) is 4.45. The van der Waals surface area contributed by atoms with Gasteiger partial charge >= 0.3 is 0 Å². The third-order valence-electron chi connectivity index (χ3n) is 3.60. The smallest absolute Gasteiger partial charge is 0.129 e. The van der Waals surface area contributed by atoms with Crippen LogP contribution in [-0.4, -0.2) is 12.0 Å². The summed E-state index contributed by atoms with van der Waals surface area (Å²) >= 11 is 3.46. The molecular weight excluding hydrogens is 331 g/mol. The number of nitrogens with one attached hydrogen (secondary N) is 1. The van der Waals surface area contributed by atoms with E-state index in [4.69, 9.17) is 0 Å². The second kappa shape index (κ2) is 5.92. The molecule has 1 heterocycles. The van der Waals surface area contributed by atoms with Gasteiger partial charge in [0.25, 0.3) is 0 Å². The Balaban J connectivity index is 2.24. The summed E-state index contributed by atoms with van der Waals surface area (Å²) in [6.45, 7) is 0. The first-order valence-corrected chi connectivity index (χ1v) is 7.45. The molecule has 0 aliphatic rings. The Hall–Kier alpha value is -1.78. The summed E-state index contributed by atoms with van der Waals surface area (Å²) in [4.78, 5) is 4.14. The lowest BCUT2D eigenvalue weighted by Gasteiger charge is -2.21. The molecule has 0 bridgehead atoms. The van der Waals surface area contributed by atoms with Crippen LogP contribution in [0.4, 0.5) is 4.39 Å². The van der Waals surface area contributed by atoms with Crippen molar-refractivity contribution in [2.75, 3.05) is 7.05 Å². The number of aromatic nitrogens is 1. The van der Waals surface area contributed by atoms with Gasteiger partial charge < -0.3 is 5.32 Å². The van der Waals surface area contributed by atoms with Gasteiger partial charge in [-0.05, 0) is 36.2 Å². The lowest BCUT2D eigenvalue weighted by atomic mass is 9.94. The van der Waals surface area contributed by atoms with Gasteiger partial charge in [-0.1, -0.05) is 40.2 Å². The van der Waals surface area contributed by atoms with E-state index in [2.05, 4.69) is 26.2 Å². The van der Waals surface area contributed by atoms with Gasteiger partial charge in [-0.15, -0.1) is 0 Å². The molecule has 4 heteroatoms. The second-order valence-corrected chi connectivity index (χ2v) is 5.66. The van der Waals surface area contributed by atoms with E-state index in [1.165, 1.54) is 6.07 Å². The van der Waals surface area contributed by atoms with Gasteiger partial charge in [-0.25, -0.2) is 4.39 Å². The van der Waals surface area contributed by atoms with Crippen molar-refractivity contribution in [2.24, 2.45) is 0 Å². The molecule has 1 atom stereocenters. The lowest BCUT2D eigenvalue weighted by Crippen LogP contribution is -2.19. The second-order valence-electron chi connectivity index (χ2n) is 4.80. The molecule has 0 amide bonds. The third kappa shape index (κ3) is 2.57. The van der Waals surface area contributed by atoms with Crippen molar-refractivity contribution in [1.29, 1.82) is 0 Å². The topological polar surface area (TPSA) is 24.9 Å². The first-order chi connectivity index (χ1) is 10.2. The monoisotopic (exact) mass is 344 g/mol. The Labute approximate surface area is 131 Å². The number of nitrogens with zero attached hydrogens (tertiary/aromatic N) is 1. The number of pyridine rings is 1. The van der Waals surface area contributed by atoms with Crippen LogP contribution < -0.4 is 5.32 Å². The van der Waals surface area contributed by atoms with E-state index in [0.717, 1.165) is 20.8 Å². The fourth-order valence-electron chi connectivity index (χ4n) is 2.64. The molecule has 3 aromatic rings. The van der Waals surface area contributed by atoms with Gasteiger partial charge in [0.2, 0.25) is 0 Å². The summed E-state index contributed by atoms with van der Waals surface area (Å²) < 4.78 is 15.0. The predicted molar refractivity (Wildman–Crippen MR) is 86.7 cm³/mol. The van der Waals surface area contributed by atoms with Crippen molar-refractivity contribution in [3.8, 4) is 0 Å². The van der Waals surface area contributed by atoms with E-state index >= 15 is 0 Å². The number of hydrogen-bond acceptors (Lipinski definition) is 2. The van der Waals surface area contributed by atoms with Gasteiger partial charge in [-0.3, -0.25) is 4.98 Å². The number of hydrogen-bond donors (Lipinski definition) is 1. The molecule has 0 spiro atoms. The summed E-state index contributed by atoms with van der Waals surface area (Å²) in [6.07, 6.45) is 3.58. The van der Waals surface area contributed by atoms with Crippen molar-refractivity contribution >= 4 is 26.7 Å². The summed E-state index contributed by atoms with van der Waals surface area (Å²) in [7, 11) is 1.84. The standard InChI is InChI=1S/C17H14BrFN2/c1-20-17(16-14(18)6-3-7-15(16)19)13-5-2-4-11-10-21-9-8-12(11)13/h2-10,17,20H,1H3. The van der Waals surface area contributed by atoms with E-state index in [1.807, 2.05) is 43.6 Å². The average Bonchev–Trinajstić information content (AvgIpc) is 2.51. The molecule has 2 nitrogen and oxygen atoms in total. The van der Waals surface area contributed by atoms with Crippen LogP contribution in [0.5, 0.6) is 0 Å². The molecule has 106 valence electrons. The summed E-state index contributed by atoms with van der Waals surface area (Å²) in [5.41, 5.74) is 1.65. The van der Waals surface area contributed by atoms with Crippen molar-refractivity contribution in [2.45, 2.75) is 6.04 Å². The van der Waals surface area contributed by atoms with Gasteiger partial charge in [0.05, 0.1) is 6.04 Å². The molecule has 0 aliphatic carbocycles. The van der Waals surface area contributed by atoms with Crippen molar-refractivity contribution in [3.05, 3.63) is 76.3 Å². The van der Waals surface area contributed by atoms with E-state index in [9.17, 15) is 4.39 Å². The van der Waals surface area contributed by atoms with Crippen LogP contribution in [0.1, 0.15) is 17.2 Å². The van der Waals surface area contributed by atoms with E-state index in [-0.39, 0.29) is 11.9 Å². The minimum absolute atomic E-state index is 0.227. The first kappa shape index (κ1) is 14.2. The van der Waals surface area contributed by atoms with Crippen LogP contribution in [0.25, 0.3) is 10.8 Å². The Kier molecular flexibility index (Phi) is 3.99. The van der Waals surface area contributed by atoms with Crippen LogP contribution in [0.3, 0.4) is 0 Å². The van der Waals surface area contributed by atoms with Crippen molar-refractivity contribution in [3.63, 3.8) is 0 Å². The van der Waals surface area contributed by atoms with Crippen molar-refractivity contribution in [1.82, 2.24) is 10.3 Å². The van der Waals surface area contributed by atoms with E-state index < -0.39 is 0 Å². The number of fused-ring (bicyclic) bond motifs is 1. The van der Waals surface area contributed by atoms with E-state index in [0.29, 0.717) is 5.56 Å². The molecule has 2 aromatic carbocycles. The SMILES string of the molecule is CNC(c1c(F)cccc1Br)c1cccc2cnccc12. The average molecular weight is 345 g/mol. The quantitative estimate of drug-likeness (QED) is 0.759. The highest BCUT2D eigenvalue weighted by atomic mass is 79.9. The molecule has 0 fully saturated rings. The maximum atomic E-state index is 14.3. The summed E-state index contributed by atoms with van der Waals surface area (Å²) in [5.74, 6) is -0.227. The summed E-state index contributed by atoms with van der Waals surface area (Å²) in [6, 6.07) is 12.8. The zero-order chi connectivity index (χ0) is 14.8. The van der Waals surface area contributed by atoms with Gasteiger partial charge in [0.15, 0.2) is 0 Å². The molecule has 0 saturated carbocycles. The molecule has 1 aromatic heterocycles. The van der Waals surface area contributed by atoms with Crippen LogP contribution in [0, 0.1) is 5.82 Å². The van der Waals surface area contributed by atoms with E-state index in [1.54, 1.807) is 12.3 Å². The highest BCUT2D eigenvalue weighted by molar-refractivity contribution is 9.10. The maximum absolute atomic E-state index is 14.3. The molecule has 1 N–H and O–H groups in total. The van der Waals surface area contributed by atoms with Crippen LogP contribution >= 0.6 is 15.9 Å². The van der Waals surface area contributed by atoms with Crippen molar-refractivity contribution < 1.29 is 4.39 Å². The molecule has 0 radical (unpaired) electrons. The Morgan fingerprint density at radius 1 is 1.14 bits per heavy atom. The lowest BCUT2D eigenvalue weighted by molar-refractivity contribution is 0.575. The third-order valence-corrected chi connectivity index (χ3v) is 4.29. The van der Waals surface area contributed by atoms with Crippen LogP contribution in [0.2, 0.25) is 0 Å². The summed E-state index contributed by atoms with van der Waals surface area (Å²) in [5, 5.41) is 5.33. The first-order valence-electron chi connectivity index (χ1n) is 6.66. The van der Waals surface area contributed by atoms with Gasteiger partial charge in [-0.2, -0.15) is 0 Å². The largest absolute Gasteiger partial charge is 0.309 e. The highest BCUT2D eigenvalue weighted by Crippen LogP contribution is 2.33. The zero-order valence-corrected chi connectivity index (χ0v) is 13.1. The number of benzene rings is 2. The molecule has 21 heavy (non-hydrogen) atoms.